The molecule has 21 heavy (non-hydrogen) atoms. The second kappa shape index (κ2) is 7.56. The Balaban J connectivity index is 1.82. The highest BCUT2D eigenvalue weighted by Crippen LogP contribution is 2.25. The first kappa shape index (κ1) is 16.0. The smallest absolute Gasteiger partial charge is 0.222 e. The number of aliphatic hydroxyl groups is 1. The Labute approximate surface area is 128 Å². The lowest BCUT2D eigenvalue weighted by molar-refractivity contribution is -0.122. The van der Waals surface area contributed by atoms with Crippen molar-refractivity contribution in [2.45, 2.75) is 44.8 Å². The summed E-state index contributed by atoms with van der Waals surface area (Å²) in [5.74, 6) is 0.161. The summed E-state index contributed by atoms with van der Waals surface area (Å²) in [6, 6.07) is 3.56. The van der Waals surface area contributed by atoms with Crippen LogP contribution in [-0.2, 0) is 9.59 Å². The Kier molecular flexibility index (Phi) is 5.76. The average molecular weight is 310 g/mol. The van der Waals surface area contributed by atoms with Crippen LogP contribution in [0, 0.1) is 5.92 Å². The molecule has 0 aromatic carbocycles. The number of carbonyl (C=O) groups is 2. The lowest BCUT2D eigenvalue weighted by Crippen LogP contribution is -2.34. The maximum atomic E-state index is 12.0. The molecule has 1 aliphatic carbocycles. The molecule has 1 saturated carbocycles. The van der Waals surface area contributed by atoms with Crippen LogP contribution in [0.5, 0.6) is 0 Å². The van der Waals surface area contributed by atoms with E-state index in [0.717, 1.165) is 24.1 Å². The number of rotatable bonds is 6. The highest BCUT2D eigenvalue weighted by atomic mass is 32.1. The summed E-state index contributed by atoms with van der Waals surface area (Å²) < 4.78 is 0. The number of carbonyl (C=O) groups excluding carboxylic acids is 2. The molecule has 2 rings (SSSR count). The summed E-state index contributed by atoms with van der Waals surface area (Å²) in [5.41, 5.74) is 0. The third-order valence-electron chi connectivity index (χ3n) is 3.76. The highest BCUT2D eigenvalue weighted by molar-refractivity contribution is 7.10. The highest BCUT2D eigenvalue weighted by Gasteiger charge is 2.24. The quantitative estimate of drug-likeness (QED) is 0.746. The molecule has 6 heteroatoms. The van der Waals surface area contributed by atoms with Gasteiger partial charge in [-0.3, -0.25) is 9.59 Å². The van der Waals surface area contributed by atoms with Crippen molar-refractivity contribution in [2.75, 3.05) is 6.54 Å². The zero-order valence-electron chi connectivity index (χ0n) is 12.2. The van der Waals surface area contributed by atoms with Gasteiger partial charge in [0.2, 0.25) is 11.8 Å². The van der Waals surface area contributed by atoms with E-state index in [1.165, 1.54) is 18.3 Å². The fourth-order valence-corrected chi connectivity index (χ4v) is 3.49. The van der Waals surface area contributed by atoms with Gasteiger partial charge in [-0.15, -0.1) is 11.3 Å². The number of aliphatic hydroxyl groups excluding tert-OH is 1. The maximum absolute atomic E-state index is 12.0. The van der Waals surface area contributed by atoms with Crippen LogP contribution in [0.4, 0.5) is 0 Å². The Morgan fingerprint density at radius 1 is 1.48 bits per heavy atom. The SMILES string of the molecule is CC(=O)NC(CC(=O)NCC1CCC(O)C1)c1cccs1. The van der Waals surface area contributed by atoms with Gasteiger partial charge in [-0.25, -0.2) is 0 Å². The van der Waals surface area contributed by atoms with Crippen LogP contribution in [0.1, 0.15) is 43.5 Å². The maximum Gasteiger partial charge on any atom is 0.222 e. The lowest BCUT2D eigenvalue weighted by atomic mass is 10.1. The molecule has 0 bridgehead atoms. The average Bonchev–Trinajstić information content (AvgIpc) is 3.06. The van der Waals surface area contributed by atoms with Crippen LogP contribution >= 0.6 is 11.3 Å². The minimum absolute atomic E-state index is 0.0662. The van der Waals surface area contributed by atoms with Gasteiger partial charge < -0.3 is 15.7 Å². The summed E-state index contributed by atoms with van der Waals surface area (Å²) >= 11 is 1.53. The van der Waals surface area contributed by atoms with Crippen molar-refractivity contribution < 1.29 is 14.7 Å². The Morgan fingerprint density at radius 3 is 2.86 bits per heavy atom. The molecule has 0 aliphatic heterocycles. The van der Waals surface area contributed by atoms with Crippen LogP contribution in [0.15, 0.2) is 17.5 Å². The zero-order valence-corrected chi connectivity index (χ0v) is 13.0. The first-order valence-corrected chi connectivity index (χ1v) is 8.18. The molecule has 1 heterocycles. The van der Waals surface area contributed by atoms with E-state index < -0.39 is 0 Å². The van der Waals surface area contributed by atoms with Crippen LogP contribution in [0.2, 0.25) is 0 Å². The summed E-state index contributed by atoms with van der Waals surface area (Å²) in [6.45, 7) is 2.06. The molecule has 0 saturated heterocycles. The Bertz CT molecular complexity index is 475. The predicted octanol–water partition coefficient (Wildman–Crippen LogP) is 1.59. The fraction of sp³-hybridized carbons (Fsp3) is 0.600. The first-order valence-electron chi connectivity index (χ1n) is 7.30. The van der Waals surface area contributed by atoms with Crippen molar-refractivity contribution in [3.8, 4) is 0 Å². The molecule has 3 unspecified atom stereocenters. The van der Waals surface area contributed by atoms with Gasteiger partial charge in [-0.05, 0) is 36.6 Å². The van der Waals surface area contributed by atoms with Crippen molar-refractivity contribution in [3.63, 3.8) is 0 Å². The minimum atomic E-state index is -0.267. The number of nitrogens with one attached hydrogen (secondary N) is 2. The lowest BCUT2D eigenvalue weighted by Gasteiger charge is -2.17. The molecule has 116 valence electrons. The van der Waals surface area contributed by atoms with E-state index in [2.05, 4.69) is 10.6 Å². The van der Waals surface area contributed by atoms with Crippen molar-refractivity contribution in [1.82, 2.24) is 10.6 Å². The molecule has 1 aliphatic rings. The van der Waals surface area contributed by atoms with Gasteiger partial charge >= 0.3 is 0 Å². The number of thiophene rings is 1. The second-order valence-electron chi connectivity index (χ2n) is 5.61. The van der Waals surface area contributed by atoms with Crippen molar-refractivity contribution >= 4 is 23.2 Å². The molecule has 5 nitrogen and oxygen atoms in total. The summed E-state index contributed by atoms with van der Waals surface area (Å²) in [4.78, 5) is 24.3. The van der Waals surface area contributed by atoms with Gasteiger partial charge in [0, 0.05) is 18.3 Å². The topological polar surface area (TPSA) is 78.4 Å². The molecule has 2 amide bonds. The molecule has 0 radical (unpaired) electrons. The third-order valence-corrected chi connectivity index (χ3v) is 4.74. The number of hydrogen-bond donors (Lipinski definition) is 3. The molecular weight excluding hydrogens is 288 g/mol. The van der Waals surface area contributed by atoms with Crippen LogP contribution in [0.3, 0.4) is 0 Å². The summed E-state index contributed by atoms with van der Waals surface area (Å²) in [5, 5.41) is 17.1. The number of amides is 2. The molecular formula is C15H22N2O3S. The van der Waals surface area contributed by atoms with E-state index in [0.29, 0.717) is 12.5 Å². The predicted molar refractivity (Wildman–Crippen MR) is 81.9 cm³/mol. The molecule has 1 aromatic heterocycles. The molecule has 3 N–H and O–H groups in total. The zero-order chi connectivity index (χ0) is 15.2. The monoisotopic (exact) mass is 310 g/mol. The van der Waals surface area contributed by atoms with E-state index in [9.17, 15) is 14.7 Å². The standard InChI is InChI=1S/C15H22N2O3S/c1-10(18)17-13(14-3-2-6-21-14)8-15(20)16-9-11-4-5-12(19)7-11/h2-3,6,11-13,19H,4-5,7-9H2,1H3,(H,16,20)(H,17,18). The molecule has 1 aromatic rings. The van der Waals surface area contributed by atoms with Gasteiger partial charge in [-0.2, -0.15) is 0 Å². The van der Waals surface area contributed by atoms with Gasteiger partial charge in [0.25, 0.3) is 0 Å². The summed E-state index contributed by atoms with van der Waals surface area (Å²) in [6.07, 6.45) is 2.58. The van der Waals surface area contributed by atoms with Crippen LogP contribution < -0.4 is 10.6 Å². The van der Waals surface area contributed by atoms with E-state index in [1.807, 2.05) is 17.5 Å². The normalized spacial score (nSPS) is 22.8. The van der Waals surface area contributed by atoms with Crippen LogP contribution in [0.25, 0.3) is 0 Å². The van der Waals surface area contributed by atoms with E-state index in [4.69, 9.17) is 0 Å². The summed E-state index contributed by atoms with van der Waals surface area (Å²) in [7, 11) is 0. The molecule has 1 fully saturated rings. The van der Waals surface area contributed by atoms with Gasteiger partial charge in [0.05, 0.1) is 18.6 Å². The Morgan fingerprint density at radius 2 is 2.29 bits per heavy atom. The second-order valence-corrected chi connectivity index (χ2v) is 6.59. The van der Waals surface area contributed by atoms with Crippen molar-refractivity contribution in [3.05, 3.63) is 22.4 Å². The first-order chi connectivity index (χ1) is 10.0. The largest absolute Gasteiger partial charge is 0.393 e. The van der Waals surface area contributed by atoms with Gasteiger partial charge in [-0.1, -0.05) is 6.07 Å². The van der Waals surface area contributed by atoms with E-state index in [1.54, 1.807) is 0 Å². The van der Waals surface area contributed by atoms with E-state index in [-0.39, 0.29) is 30.4 Å². The molecule has 3 atom stereocenters. The van der Waals surface area contributed by atoms with Crippen molar-refractivity contribution in [2.24, 2.45) is 5.92 Å². The minimum Gasteiger partial charge on any atom is -0.393 e. The molecule has 0 spiro atoms. The third kappa shape index (κ3) is 5.13. The fourth-order valence-electron chi connectivity index (χ4n) is 2.71. The Hall–Kier alpha value is -1.40. The number of hydrogen-bond acceptors (Lipinski definition) is 4. The van der Waals surface area contributed by atoms with E-state index >= 15 is 0 Å². The van der Waals surface area contributed by atoms with Gasteiger partial charge in [0.15, 0.2) is 0 Å². The van der Waals surface area contributed by atoms with Crippen LogP contribution in [-0.4, -0.2) is 29.6 Å². The van der Waals surface area contributed by atoms with Crippen molar-refractivity contribution in [1.29, 1.82) is 0 Å². The van der Waals surface area contributed by atoms with Gasteiger partial charge in [0.1, 0.15) is 0 Å².